The normalized spacial score (nSPS) is 10.7. The molecule has 0 aromatic heterocycles. The van der Waals surface area contributed by atoms with Gasteiger partial charge in [0.25, 0.3) is 0 Å². The summed E-state index contributed by atoms with van der Waals surface area (Å²) in [6, 6.07) is 13.8. The molecule has 2 aromatic carbocycles. The van der Waals surface area contributed by atoms with Gasteiger partial charge < -0.3 is 15.4 Å². The number of rotatable bonds is 4. The summed E-state index contributed by atoms with van der Waals surface area (Å²) in [5.41, 5.74) is 7.78. The molecule has 0 aliphatic carbocycles. The van der Waals surface area contributed by atoms with Gasteiger partial charge in [-0.1, -0.05) is 18.2 Å². The van der Waals surface area contributed by atoms with Crippen molar-refractivity contribution in [3.63, 3.8) is 0 Å². The number of nitrogens with two attached hydrogens (primary N) is 1. The van der Waals surface area contributed by atoms with Gasteiger partial charge in [0.05, 0.1) is 5.69 Å². The second-order valence-electron chi connectivity index (χ2n) is 4.63. The molecule has 0 aliphatic rings. The summed E-state index contributed by atoms with van der Waals surface area (Å²) in [4.78, 5) is 2.11. The predicted molar refractivity (Wildman–Crippen MR) is 87.5 cm³/mol. The summed E-state index contributed by atoms with van der Waals surface area (Å²) in [6.45, 7) is 0.834. The van der Waals surface area contributed by atoms with Crippen LogP contribution in [0.4, 0.5) is 5.69 Å². The maximum atomic E-state index is 5.98. The van der Waals surface area contributed by atoms with Crippen LogP contribution in [0.1, 0.15) is 5.56 Å². The van der Waals surface area contributed by atoms with Crippen LogP contribution in [0.15, 0.2) is 42.5 Å². The van der Waals surface area contributed by atoms with Crippen molar-refractivity contribution < 1.29 is 4.74 Å². The molecule has 0 amide bonds. The van der Waals surface area contributed by atoms with Gasteiger partial charge in [0.15, 0.2) is 0 Å². The molecule has 0 bridgehead atoms. The number of hydrogen-bond acceptors (Lipinski definition) is 3. The smallest absolute Gasteiger partial charge is 0.150 e. The van der Waals surface area contributed by atoms with Gasteiger partial charge in [-0.2, -0.15) is 0 Å². The van der Waals surface area contributed by atoms with Crippen LogP contribution in [0.2, 0.25) is 0 Å². The molecule has 2 N–H and O–H groups in total. The molecule has 0 fully saturated rings. The molecular weight excluding hydrogens is 347 g/mol. The lowest BCUT2D eigenvalue weighted by Crippen LogP contribution is -2.11. The van der Waals surface area contributed by atoms with Gasteiger partial charge in [-0.05, 0) is 61.0 Å². The van der Waals surface area contributed by atoms with E-state index in [1.807, 2.05) is 50.5 Å². The zero-order valence-electron chi connectivity index (χ0n) is 11.1. The molecule has 0 aliphatic heterocycles. The van der Waals surface area contributed by atoms with Gasteiger partial charge >= 0.3 is 0 Å². The van der Waals surface area contributed by atoms with Crippen LogP contribution >= 0.6 is 22.6 Å². The van der Waals surface area contributed by atoms with Crippen LogP contribution < -0.4 is 10.5 Å². The minimum absolute atomic E-state index is 0.659. The summed E-state index contributed by atoms with van der Waals surface area (Å²) in [5.74, 6) is 1.55. The first-order valence-corrected chi connectivity index (χ1v) is 7.09. The maximum Gasteiger partial charge on any atom is 0.150 e. The van der Waals surface area contributed by atoms with Crippen LogP contribution in [-0.4, -0.2) is 19.0 Å². The first-order chi connectivity index (χ1) is 9.06. The lowest BCUT2D eigenvalue weighted by atomic mass is 10.2. The molecule has 0 saturated carbocycles. The fraction of sp³-hybridized carbons (Fsp3) is 0.200. The highest BCUT2D eigenvalue weighted by Crippen LogP contribution is 2.31. The van der Waals surface area contributed by atoms with Crippen LogP contribution in [0.25, 0.3) is 0 Å². The van der Waals surface area contributed by atoms with Gasteiger partial charge in [-0.15, -0.1) is 0 Å². The predicted octanol–water partition coefficient (Wildman–Crippen LogP) is 3.73. The Bertz CT molecular complexity index is 570. The number of para-hydroxylation sites is 1. The van der Waals surface area contributed by atoms with Gasteiger partial charge in [-0.25, -0.2) is 0 Å². The molecule has 0 saturated heterocycles. The molecule has 0 radical (unpaired) electrons. The molecule has 0 spiro atoms. The molecule has 0 unspecified atom stereocenters. The number of anilines is 1. The summed E-state index contributed by atoms with van der Waals surface area (Å²) >= 11 is 2.23. The van der Waals surface area contributed by atoms with Crippen molar-refractivity contribution in [2.45, 2.75) is 6.54 Å². The molecule has 0 atom stereocenters. The molecule has 19 heavy (non-hydrogen) atoms. The highest BCUT2D eigenvalue weighted by atomic mass is 123. The number of ether oxygens (including phenoxy) is 1. The summed E-state index contributed by atoms with van der Waals surface area (Å²) in [6.07, 6.45) is 0. The van der Waals surface area contributed by atoms with E-state index in [4.69, 9.17) is 10.5 Å². The van der Waals surface area contributed by atoms with Crippen molar-refractivity contribution in [1.29, 1.82) is 0 Å². The number of hydrogen-bond donors (Lipinski definition) is 1. The van der Waals surface area contributed by atoms with Crippen molar-refractivity contribution >= 4 is 28.3 Å². The molecule has 2 aromatic rings. The van der Waals surface area contributed by atoms with E-state index < -0.39 is 0 Å². The topological polar surface area (TPSA) is 38.5 Å². The second-order valence-corrected chi connectivity index (χ2v) is 5.88. The molecule has 3 nitrogen and oxygen atoms in total. The summed E-state index contributed by atoms with van der Waals surface area (Å²) in [5, 5.41) is 0. The Kier molecular flexibility index (Phi) is 4.66. The highest BCUT2D eigenvalue weighted by Gasteiger charge is 2.07. The third-order valence-corrected chi connectivity index (χ3v) is 3.32. The van der Waals surface area contributed by atoms with Crippen molar-refractivity contribution in [1.82, 2.24) is 4.90 Å². The van der Waals surface area contributed by atoms with E-state index in [1.165, 1.54) is 0 Å². The lowest BCUT2D eigenvalue weighted by molar-refractivity contribution is 0.389. The molecule has 100 valence electrons. The van der Waals surface area contributed by atoms with Gasteiger partial charge in [0, 0.05) is 15.7 Å². The highest BCUT2D eigenvalue weighted by molar-refractivity contribution is 14.1. The fourth-order valence-corrected chi connectivity index (χ4v) is 2.32. The molecule has 0 heterocycles. The van der Waals surface area contributed by atoms with E-state index in [0.717, 1.165) is 21.4 Å². The van der Waals surface area contributed by atoms with Crippen LogP contribution in [0.3, 0.4) is 0 Å². The monoisotopic (exact) mass is 364 g/mol. The summed E-state index contributed by atoms with van der Waals surface area (Å²) in [7, 11) is 4.08. The van der Waals surface area contributed by atoms with E-state index in [0.29, 0.717) is 11.4 Å². The molecular formula is C15H17IN2O. The lowest BCUT2D eigenvalue weighted by Gasteiger charge is -2.15. The third-order valence-electron chi connectivity index (χ3n) is 2.65. The Hall–Kier alpha value is -1.27. The SMILES string of the molecule is CN(C)Cc1ccccc1Oc1ccc([123I])cc1N. The minimum Gasteiger partial charge on any atom is -0.455 e. The van der Waals surface area contributed by atoms with Crippen LogP contribution in [0, 0.1) is 3.57 Å². The number of benzene rings is 2. The molecule has 4 heteroatoms. The van der Waals surface area contributed by atoms with Crippen molar-refractivity contribution in [3.05, 3.63) is 51.6 Å². The van der Waals surface area contributed by atoms with E-state index >= 15 is 0 Å². The first kappa shape index (κ1) is 14.1. The standard InChI is InChI=1S/C15H17IN2O/c1-18(2)10-11-5-3-4-6-14(11)19-15-8-7-12(16)9-13(15)17/h3-9H,10,17H2,1-2H3/i16-4. The van der Waals surface area contributed by atoms with Crippen molar-refractivity contribution in [2.75, 3.05) is 19.8 Å². The fourth-order valence-electron chi connectivity index (χ4n) is 1.81. The van der Waals surface area contributed by atoms with Gasteiger partial charge in [0.2, 0.25) is 0 Å². The van der Waals surface area contributed by atoms with E-state index in [-0.39, 0.29) is 0 Å². The Morgan fingerprint density at radius 1 is 1.11 bits per heavy atom. The first-order valence-electron chi connectivity index (χ1n) is 6.02. The van der Waals surface area contributed by atoms with E-state index in [9.17, 15) is 0 Å². The Labute approximate surface area is 127 Å². The van der Waals surface area contributed by atoms with Crippen LogP contribution in [-0.2, 0) is 6.54 Å². The zero-order chi connectivity index (χ0) is 13.8. The van der Waals surface area contributed by atoms with Gasteiger partial charge in [0.1, 0.15) is 11.5 Å². The number of nitrogen functional groups attached to an aromatic ring is 1. The zero-order valence-corrected chi connectivity index (χ0v) is 13.2. The second kappa shape index (κ2) is 6.25. The average Bonchev–Trinajstić information content (AvgIpc) is 2.34. The van der Waals surface area contributed by atoms with Gasteiger partial charge in [-0.3, -0.25) is 0 Å². The molecule has 2 rings (SSSR count). The van der Waals surface area contributed by atoms with E-state index in [1.54, 1.807) is 0 Å². The van der Waals surface area contributed by atoms with Crippen LogP contribution in [0.5, 0.6) is 11.5 Å². The third kappa shape index (κ3) is 3.84. The summed E-state index contributed by atoms with van der Waals surface area (Å²) < 4.78 is 7.04. The Balaban J connectivity index is 2.27. The quantitative estimate of drug-likeness (QED) is 0.664. The Morgan fingerprint density at radius 2 is 1.84 bits per heavy atom. The van der Waals surface area contributed by atoms with Crippen molar-refractivity contribution in [3.8, 4) is 11.5 Å². The largest absolute Gasteiger partial charge is 0.455 e. The average molecular weight is 364 g/mol. The number of halogens is 1. The Morgan fingerprint density at radius 3 is 2.53 bits per heavy atom. The number of nitrogens with zero attached hydrogens (tertiary/aromatic N) is 1. The van der Waals surface area contributed by atoms with Crippen molar-refractivity contribution in [2.24, 2.45) is 0 Å². The minimum atomic E-state index is 0.659. The van der Waals surface area contributed by atoms with E-state index in [2.05, 4.69) is 33.6 Å². The maximum absolute atomic E-state index is 5.98.